The first kappa shape index (κ1) is 12.8. The molecule has 0 spiro atoms. The van der Waals surface area contributed by atoms with Crippen LogP contribution in [0.25, 0.3) is 0 Å². The molecule has 0 unspecified atom stereocenters. The van der Waals surface area contributed by atoms with Crippen LogP contribution < -0.4 is 4.74 Å². The zero-order valence-electron chi connectivity index (χ0n) is 9.68. The number of hydrogen-bond acceptors (Lipinski definition) is 3. The van der Waals surface area contributed by atoms with Crippen LogP contribution in [0.15, 0.2) is 52.3 Å². The van der Waals surface area contributed by atoms with E-state index in [4.69, 9.17) is 21.6 Å². The molecule has 0 aliphatic carbocycles. The van der Waals surface area contributed by atoms with E-state index >= 15 is 0 Å². The van der Waals surface area contributed by atoms with Gasteiger partial charge in [-0.05, 0) is 42.5 Å². The molecule has 18 heavy (non-hydrogen) atoms. The second kappa shape index (κ2) is 5.81. The quantitative estimate of drug-likeness (QED) is 0.834. The largest absolute Gasteiger partial charge is 0.497 e. The maximum absolute atomic E-state index is 8.73. The van der Waals surface area contributed by atoms with Crippen molar-refractivity contribution < 1.29 is 4.74 Å². The Morgan fingerprint density at radius 3 is 2.44 bits per heavy atom. The molecule has 0 heterocycles. The average molecular weight is 276 g/mol. The highest BCUT2D eigenvalue weighted by molar-refractivity contribution is 7.99. The molecule has 0 atom stereocenters. The summed E-state index contributed by atoms with van der Waals surface area (Å²) >= 11 is 7.72. The highest BCUT2D eigenvalue weighted by Crippen LogP contribution is 2.35. The second-order valence-electron chi connectivity index (χ2n) is 3.53. The zero-order valence-corrected chi connectivity index (χ0v) is 11.3. The van der Waals surface area contributed by atoms with Gasteiger partial charge in [-0.3, -0.25) is 0 Å². The maximum Gasteiger partial charge on any atom is 0.120 e. The lowest BCUT2D eigenvalue weighted by Crippen LogP contribution is -1.83. The summed E-state index contributed by atoms with van der Waals surface area (Å²) in [7, 11) is 1.61. The van der Waals surface area contributed by atoms with Gasteiger partial charge in [-0.15, -0.1) is 0 Å². The number of nitrogens with zero attached hydrogens (tertiary/aromatic N) is 1. The first-order valence-electron chi connectivity index (χ1n) is 5.24. The summed E-state index contributed by atoms with van der Waals surface area (Å²) in [6.45, 7) is 0. The fraction of sp³-hybridized carbons (Fsp3) is 0.0714. The number of ether oxygens (including phenoxy) is 1. The van der Waals surface area contributed by atoms with E-state index in [0.717, 1.165) is 15.5 Å². The minimum atomic E-state index is 0.653. The summed E-state index contributed by atoms with van der Waals surface area (Å²) in [5.74, 6) is 0.740. The lowest BCUT2D eigenvalue weighted by molar-refractivity contribution is 0.414. The predicted octanol–water partition coefficient (Wildman–Crippen LogP) is 4.37. The van der Waals surface area contributed by atoms with Crippen LogP contribution in [0, 0.1) is 11.3 Å². The van der Waals surface area contributed by atoms with Crippen LogP contribution in [0.4, 0.5) is 0 Å². The second-order valence-corrected chi connectivity index (χ2v) is 5.06. The van der Waals surface area contributed by atoms with E-state index in [9.17, 15) is 0 Å². The molecule has 0 aliphatic rings. The molecular weight excluding hydrogens is 266 g/mol. The zero-order chi connectivity index (χ0) is 13.0. The molecule has 0 aromatic heterocycles. The van der Waals surface area contributed by atoms with Gasteiger partial charge < -0.3 is 4.74 Å². The van der Waals surface area contributed by atoms with Crippen molar-refractivity contribution in [2.24, 2.45) is 0 Å². The number of methoxy groups -OCH3 is 1. The number of halogens is 1. The van der Waals surface area contributed by atoms with Crippen LogP contribution in [-0.2, 0) is 0 Å². The number of nitriles is 1. The van der Waals surface area contributed by atoms with Gasteiger partial charge in [0.25, 0.3) is 0 Å². The highest BCUT2D eigenvalue weighted by atomic mass is 35.5. The van der Waals surface area contributed by atoms with Crippen molar-refractivity contribution in [2.45, 2.75) is 9.79 Å². The predicted molar refractivity (Wildman–Crippen MR) is 73.3 cm³/mol. The summed E-state index contributed by atoms with van der Waals surface area (Å²) in [6.07, 6.45) is 0. The first-order valence-corrected chi connectivity index (χ1v) is 6.44. The standard InChI is InChI=1S/C14H10ClNOS/c1-17-11-4-7-14(13(15)8-11)18-12-5-2-10(9-16)3-6-12/h2-8H,1H3. The molecule has 0 radical (unpaired) electrons. The minimum Gasteiger partial charge on any atom is -0.497 e. The van der Waals surface area contributed by atoms with Crippen LogP contribution in [-0.4, -0.2) is 7.11 Å². The molecule has 0 aliphatic heterocycles. The molecule has 0 N–H and O–H groups in total. The van der Waals surface area contributed by atoms with Gasteiger partial charge in [0, 0.05) is 9.79 Å². The molecule has 2 nitrogen and oxygen atoms in total. The van der Waals surface area contributed by atoms with Crippen LogP contribution in [0.2, 0.25) is 5.02 Å². The lowest BCUT2D eigenvalue weighted by Gasteiger charge is -2.06. The molecule has 0 amide bonds. The van der Waals surface area contributed by atoms with Crippen molar-refractivity contribution in [2.75, 3.05) is 7.11 Å². The van der Waals surface area contributed by atoms with Gasteiger partial charge in [-0.1, -0.05) is 23.4 Å². The van der Waals surface area contributed by atoms with E-state index in [1.807, 2.05) is 24.3 Å². The Balaban J connectivity index is 2.20. The van der Waals surface area contributed by atoms with Crippen molar-refractivity contribution in [1.82, 2.24) is 0 Å². The number of hydrogen-bond donors (Lipinski definition) is 0. The van der Waals surface area contributed by atoms with Crippen molar-refractivity contribution in [3.05, 3.63) is 53.1 Å². The number of benzene rings is 2. The summed E-state index contributed by atoms with van der Waals surface area (Å²) in [5.41, 5.74) is 0.653. The molecule has 2 aromatic rings. The Morgan fingerprint density at radius 1 is 1.17 bits per heavy atom. The average Bonchev–Trinajstić information content (AvgIpc) is 2.42. The summed E-state index contributed by atoms with van der Waals surface area (Å²) < 4.78 is 5.10. The molecule has 0 saturated carbocycles. The smallest absolute Gasteiger partial charge is 0.120 e. The highest BCUT2D eigenvalue weighted by Gasteiger charge is 2.04. The molecule has 90 valence electrons. The van der Waals surface area contributed by atoms with E-state index in [1.54, 1.807) is 37.1 Å². The van der Waals surface area contributed by atoms with Gasteiger partial charge in [0.15, 0.2) is 0 Å². The van der Waals surface area contributed by atoms with Crippen LogP contribution >= 0.6 is 23.4 Å². The molecular formula is C14H10ClNOS. The monoisotopic (exact) mass is 275 g/mol. The Morgan fingerprint density at radius 2 is 1.89 bits per heavy atom. The third-order valence-corrected chi connectivity index (χ3v) is 3.86. The Hall–Kier alpha value is -1.63. The molecule has 0 saturated heterocycles. The van der Waals surface area contributed by atoms with Gasteiger partial charge in [0.05, 0.1) is 23.8 Å². The van der Waals surface area contributed by atoms with Crippen LogP contribution in [0.1, 0.15) is 5.56 Å². The summed E-state index contributed by atoms with van der Waals surface area (Å²) in [4.78, 5) is 2.00. The van der Waals surface area contributed by atoms with Crippen molar-refractivity contribution in [3.8, 4) is 11.8 Å². The summed E-state index contributed by atoms with van der Waals surface area (Å²) in [6, 6.07) is 15.1. The fourth-order valence-electron chi connectivity index (χ4n) is 1.42. The topological polar surface area (TPSA) is 33.0 Å². The van der Waals surface area contributed by atoms with Gasteiger partial charge in [-0.2, -0.15) is 5.26 Å². The van der Waals surface area contributed by atoms with E-state index in [0.29, 0.717) is 10.6 Å². The third kappa shape index (κ3) is 2.98. The Labute approximate surface area is 115 Å². The van der Waals surface area contributed by atoms with Crippen molar-refractivity contribution in [3.63, 3.8) is 0 Å². The molecule has 0 fully saturated rings. The third-order valence-electron chi connectivity index (χ3n) is 2.35. The fourth-order valence-corrected chi connectivity index (χ4v) is 2.52. The van der Waals surface area contributed by atoms with Crippen LogP contribution in [0.3, 0.4) is 0 Å². The van der Waals surface area contributed by atoms with Gasteiger partial charge >= 0.3 is 0 Å². The van der Waals surface area contributed by atoms with E-state index in [2.05, 4.69) is 6.07 Å². The van der Waals surface area contributed by atoms with E-state index < -0.39 is 0 Å². The van der Waals surface area contributed by atoms with Gasteiger partial charge in [0.2, 0.25) is 0 Å². The first-order chi connectivity index (χ1) is 8.72. The minimum absolute atomic E-state index is 0.653. The van der Waals surface area contributed by atoms with Crippen LogP contribution in [0.5, 0.6) is 5.75 Å². The molecule has 2 rings (SSSR count). The number of rotatable bonds is 3. The Kier molecular flexibility index (Phi) is 4.14. The molecule has 2 aromatic carbocycles. The normalized spacial score (nSPS) is 9.83. The SMILES string of the molecule is COc1ccc(Sc2ccc(C#N)cc2)c(Cl)c1. The lowest BCUT2D eigenvalue weighted by atomic mass is 10.2. The molecule has 4 heteroatoms. The van der Waals surface area contributed by atoms with Crippen molar-refractivity contribution >= 4 is 23.4 Å². The maximum atomic E-state index is 8.73. The summed E-state index contributed by atoms with van der Waals surface area (Å²) in [5, 5.41) is 9.38. The van der Waals surface area contributed by atoms with Gasteiger partial charge in [-0.25, -0.2) is 0 Å². The molecule has 0 bridgehead atoms. The van der Waals surface area contributed by atoms with E-state index in [-0.39, 0.29) is 0 Å². The van der Waals surface area contributed by atoms with E-state index in [1.165, 1.54) is 0 Å². The Bertz CT molecular complexity index is 590. The van der Waals surface area contributed by atoms with Gasteiger partial charge in [0.1, 0.15) is 5.75 Å². The van der Waals surface area contributed by atoms with Crippen molar-refractivity contribution in [1.29, 1.82) is 5.26 Å².